The van der Waals surface area contributed by atoms with E-state index < -0.39 is 10.0 Å². The van der Waals surface area contributed by atoms with Gasteiger partial charge in [0.15, 0.2) is 0 Å². The summed E-state index contributed by atoms with van der Waals surface area (Å²) in [5, 5.41) is 2.87. The van der Waals surface area contributed by atoms with E-state index in [2.05, 4.69) is 10.0 Å². The number of aromatic nitrogens is 2. The van der Waals surface area contributed by atoms with Crippen LogP contribution in [0.3, 0.4) is 0 Å². The highest BCUT2D eigenvalue weighted by molar-refractivity contribution is 7.88. The zero-order valence-electron chi connectivity index (χ0n) is 19.4. The van der Waals surface area contributed by atoms with Crippen LogP contribution in [0.25, 0.3) is 11.0 Å². The van der Waals surface area contributed by atoms with E-state index in [0.29, 0.717) is 25.2 Å². The van der Waals surface area contributed by atoms with E-state index in [1.807, 2.05) is 43.3 Å². The number of nitrogens with one attached hydrogen (secondary N) is 2. The number of sulfonamides is 1. The maximum absolute atomic E-state index is 12.8. The molecule has 9 heteroatoms. The van der Waals surface area contributed by atoms with Crippen molar-refractivity contribution in [2.45, 2.75) is 65.0 Å². The fourth-order valence-electron chi connectivity index (χ4n) is 3.80. The molecule has 0 radical (unpaired) electrons. The lowest BCUT2D eigenvalue weighted by atomic mass is 10.1. The van der Waals surface area contributed by atoms with E-state index in [1.165, 1.54) is 0 Å². The van der Waals surface area contributed by atoms with E-state index >= 15 is 0 Å². The number of para-hydroxylation sites is 2. The molecule has 33 heavy (non-hydrogen) atoms. The van der Waals surface area contributed by atoms with Crippen molar-refractivity contribution in [3.8, 4) is 0 Å². The number of amides is 1. The number of hydrogen-bond acceptors (Lipinski definition) is 4. The number of benzene rings is 2. The number of imidazole rings is 1. The van der Waals surface area contributed by atoms with Crippen molar-refractivity contribution in [1.82, 2.24) is 19.2 Å². The molecule has 3 rings (SSSR count). The van der Waals surface area contributed by atoms with Crippen LogP contribution in [-0.4, -0.2) is 29.5 Å². The van der Waals surface area contributed by atoms with E-state index in [-0.39, 0.29) is 29.8 Å². The van der Waals surface area contributed by atoms with Crippen molar-refractivity contribution < 1.29 is 13.2 Å². The quantitative estimate of drug-likeness (QED) is 0.448. The second kappa shape index (κ2) is 10.8. The summed E-state index contributed by atoms with van der Waals surface area (Å²) in [7, 11) is -3.38. The summed E-state index contributed by atoms with van der Waals surface area (Å²) in [5.41, 5.74) is 3.18. The summed E-state index contributed by atoms with van der Waals surface area (Å²) in [6.07, 6.45) is 1.05. The van der Waals surface area contributed by atoms with Crippen LogP contribution in [0.15, 0.2) is 53.3 Å². The zero-order chi connectivity index (χ0) is 24.0. The van der Waals surface area contributed by atoms with Gasteiger partial charge in [0, 0.05) is 32.1 Å². The molecule has 0 spiro atoms. The lowest BCUT2D eigenvalue weighted by molar-refractivity contribution is -0.121. The van der Waals surface area contributed by atoms with Gasteiger partial charge in [0.05, 0.1) is 16.8 Å². The number of carbonyl (C=O) groups is 1. The zero-order valence-corrected chi connectivity index (χ0v) is 20.2. The molecule has 0 atom stereocenters. The van der Waals surface area contributed by atoms with E-state index in [9.17, 15) is 18.0 Å². The summed E-state index contributed by atoms with van der Waals surface area (Å²) >= 11 is 0. The number of rotatable bonds is 11. The van der Waals surface area contributed by atoms with Gasteiger partial charge in [-0.15, -0.1) is 0 Å². The maximum Gasteiger partial charge on any atom is 0.329 e. The molecule has 2 aromatic carbocycles. The van der Waals surface area contributed by atoms with Crippen LogP contribution in [0.1, 0.15) is 44.7 Å². The normalized spacial score (nSPS) is 11.9. The van der Waals surface area contributed by atoms with Gasteiger partial charge in [-0.1, -0.05) is 43.3 Å². The Kier molecular flexibility index (Phi) is 8.10. The third-order valence-electron chi connectivity index (χ3n) is 5.22. The van der Waals surface area contributed by atoms with Crippen LogP contribution in [0, 0.1) is 0 Å². The van der Waals surface area contributed by atoms with Gasteiger partial charge < -0.3 is 5.32 Å². The molecule has 0 aliphatic carbocycles. The van der Waals surface area contributed by atoms with Gasteiger partial charge >= 0.3 is 5.69 Å². The Morgan fingerprint density at radius 1 is 0.939 bits per heavy atom. The molecular formula is C24H32N4O4S. The minimum Gasteiger partial charge on any atom is -0.352 e. The molecule has 3 aromatic rings. The third-order valence-corrected chi connectivity index (χ3v) is 6.76. The summed E-state index contributed by atoms with van der Waals surface area (Å²) in [4.78, 5) is 25.2. The monoisotopic (exact) mass is 472 g/mol. The van der Waals surface area contributed by atoms with Crippen molar-refractivity contribution >= 4 is 27.0 Å². The van der Waals surface area contributed by atoms with Gasteiger partial charge in [-0.25, -0.2) is 17.9 Å². The van der Waals surface area contributed by atoms with Crippen molar-refractivity contribution in [2.75, 3.05) is 0 Å². The molecule has 0 bridgehead atoms. The predicted molar refractivity (Wildman–Crippen MR) is 130 cm³/mol. The highest BCUT2D eigenvalue weighted by atomic mass is 32.2. The Bertz CT molecular complexity index is 1260. The first kappa shape index (κ1) is 24.7. The van der Waals surface area contributed by atoms with Crippen molar-refractivity contribution in [3.05, 3.63) is 70.1 Å². The predicted octanol–water partition coefficient (Wildman–Crippen LogP) is 2.75. The largest absolute Gasteiger partial charge is 0.352 e. The Morgan fingerprint density at radius 2 is 1.52 bits per heavy atom. The topological polar surface area (TPSA) is 102 Å². The van der Waals surface area contributed by atoms with Gasteiger partial charge in [-0.05, 0) is 43.5 Å². The third kappa shape index (κ3) is 6.55. The summed E-state index contributed by atoms with van der Waals surface area (Å²) < 4.78 is 30.1. The molecule has 8 nitrogen and oxygen atoms in total. The van der Waals surface area contributed by atoms with Crippen LogP contribution in [0.2, 0.25) is 0 Å². The lowest BCUT2D eigenvalue weighted by Gasteiger charge is -2.10. The second-order valence-electron chi connectivity index (χ2n) is 8.45. The Hall–Kier alpha value is -2.91. The van der Waals surface area contributed by atoms with Gasteiger partial charge in [0.25, 0.3) is 0 Å². The number of aryl methyl sites for hydroxylation is 2. The van der Waals surface area contributed by atoms with Gasteiger partial charge in [-0.2, -0.15) is 0 Å². The van der Waals surface area contributed by atoms with E-state index in [4.69, 9.17) is 0 Å². The number of hydrogen-bond donors (Lipinski definition) is 2. The highest BCUT2D eigenvalue weighted by Crippen LogP contribution is 2.14. The molecule has 0 unspecified atom stereocenters. The Morgan fingerprint density at radius 3 is 2.09 bits per heavy atom. The average Bonchev–Trinajstić information content (AvgIpc) is 3.02. The highest BCUT2D eigenvalue weighted by Gasteiger charge is 2.14. The second-order valence-corrected chi connectivity index (χ2v) is 10.2. The Labute approximate surface area is 194 Å². The minimum atomic E-state index is -3.38. The van der Waals surface area contributed by atoms with Crippen LogP contribution in [0.5, 0.6) is 0 Å². The van der Waals surface area contributed by atoms with Gasteiger partial charge in [0.1, 0.15) is 0 Å². The van der Waals surface area contributed by atoms with Crippen LogP contribution < -0.4 is 15.7 Å². The smallest absolute Gasteiger partial charge is 0.329 e. The SMILES string of the molecule is CCCn1c(=O)n(CCC(=O)NCc2ccc(CS(=O)(=O)NC(C)C)cc2)c2ccccc21. The summed E-state index contributed by atoms with van der Waals surface area (Å²) in [5.74, 6) is -0.236. The first-order chi connectivity index (χ1) is 15.7. The first-order valence-electron chi connectivity index (χ1n) is 11.2. The van der Waals surface area contributed by atoms with Crippen LogP contribution in [0.4, 0.5) is 0 Å². The Balaban J connectivity index is 1.56. The number of nitrogens with zero attached hydrogens (tertiary/aromatic N) is 2. The molecule has 1 aromatic heterocycles. The molecule has 1 heterocycles. The van der Waals surface area contributed by atoms with E-state index in [0.717, 1.165) is 23.0 Å². The molecule has 178 valence electrons. The fraction of sp³-hybridized carbons (Fsp3) is 0.417. The summed E-state index contributed by atoms with van der Waals surface area (Å²) in [6.45, 7) is 6.87. The first-order valence-corrected chi connectivity index (χ1v) is 12.9. The van der Waals surface area contributed by atoms with Gasteiger partial charge in [-0.3, -0.25) is 13.9 Å². The molecule has 0 fully saturated rings. The van der Waals surface area contributed by atoms with E-state index in [1.54, 1.807) is 35.1 Å². The molecule has 0 saturated heterocycles. The van der Waals surface area contributed by atoms with Crippen molar-refractivity contribution in [2.24, 2.45) is 0 Å². The molecule has 2 N–H and O–H groups in total. The van der Waals surface area contributed by atoms with Gasteiger partial charge in [0.2, 0.25) is 15.9 Å². The van der Waals surface area contributed by atoms with Crippen LogP contribution >= 0.6 is 0 Å². The molecular weight excluding hydrogens is 440 g/mol. The number of carbonyl (C=O) groups excluding carboxylic acids is 1. The van der Waals surface area contributed by atoms with Crippen molar-refractivity contribution in [3.63, 3.8) is 0 Å². The molecule has 0 saturated carbocycles. The maximum atomic E-state index is 12.8. The number of fused-ring (bicyclic) bond motifs is 1. The molecule has 1 amide bonds. The average molecular weight is 473 g/mol. The summed E-state index contributed by atoms with van der Waals surface area (Å²) in [6, 6.07) is 14.6. The standard InChI is InChI=1S/C24H32N4O4S/c1-4-14-27-21-7-5-6-8-22(21)28(24(27)30)15-13-23(29)25-16-19-9-11-20(12-10-19)17-33(31,32)26-18(2)3/h5-12,18,26H,4,13-17H2,1-3H3,(H,25,29). The fourth-order valence-corrected chi connectivity index (χ4v) is 5.24. The molecule has 0 aliphatic heterocycles. The van der Waals surface area contributed by atoms with Crippen molar-refractivity contribution in [1.29, 1.82) is 0 Å². The van der Waals surface area contributed by atoms with Crippen LogP contribution in [-0.2, 0) is 40.2 Å². The molecule has 0 aliphatic rings. The minimum absolute atomic E-state index is 0.0851. The lowest BCUT2D eigenvalue weighted by Crippen LogP contribution is -2.31.